The van der Waals surface area contributed by atoms with E-state index in [0.29, 0.717) is 46.3 Å². The average Bonchev–Trinajstić information content (AvgIpc) is 3.45. The smallest absolute Gasteiger partial charge is 0.270 e. The van der Waals surface area contributed by atoms with Crippen LogP contribution in [0, 0.1) is 0 Å². The summed E-state index contributed by atoms with van der Waals surface area (Å²) >= 11 is 7.91. The molecule has 0 saturated carbocycles. The summed E-state index contributed by atoms with van der Waals surface area (Å²) in [5.74, 6) is 0.368. The van der Waals surface area contributed by atoms with E-state index >= 15 is 0 Å². The number of nitrogens with one attached hydrogen (secondary N) is 2. The highest BCUT2D eigenvalue weighted by Crippen LogP contribution is 2.30. The highest BCUT2D eigenvalue weighted by atomic mass is 35.5. The Morgan fingerprint density at radius 1 is 1.32 bits per heavy atom. The lowest BCUT2D eigenvalue weighted by Gasteiger charge is -2.18. The summed E-state index contributed by atoms with van der Waals surface area (Å²) in [5, 5.41) is 8.35. The first-order valence-corrected chi connectivity index (χ1v) is 11.1. The SMILES string of the molecule is C[C@H](Nc1ncnc2scnc12)c1cc2cccc(Cl)c2c(C(=O)NC2CCOC2)n1. The third-order valence-corrected chi connectivity index (χ3v) is 6.29. The van der Waals surface area contributed by atoms with Gasteiger partial charge in [0.05, 0.1) is 34.9 Å². The van der Waals surface area contributed by atoms with Crippen molar-refractivity contribution in [1.29, 1.82) is 0 Å². The number of ether oxygens (including phenoxy) is 1. The fraction of sp³-hybridized carbons (Fsp3) is 0.286. The molecule has 5 rings (SSSR count). The van der Waals surface area contributed by atoms with Crippen molar-refractivity contribution in [3.05, 3.63) is 52.5 Å². The maximum atomic E-state index is 13.1. The van der Waals surface area contributed by atoms with Crippen LogP contribution in [0.5, 0.6) is 0 Å². The van der Waals surface area contributed by atoms with Crippen LogP contribution in [0.3, 0.4) is 0 Å². The molecule has 0 spiro atoms. The van der Waals surface area contributed by atoms with Crippen LogP contribution < -0.4 is 10.6 Å². The van der Waals surface area contributed by atoms with Crippen molar-refractivity contribution >= 4 is 55.8 Å². The molecule has 1 aliphatic rings. The summed E-state index contributed by atoms with van der Waals surface area (Å²) < 4.78 is 5.37. The van der Waals surface area contributed by atoms with E-state index in [2.05, 4.69) is 25.6 Å². The number of hydrogen-bond donors (Lipinski definition) is 2. The summed E-state index contributed by atoms with van der Waals surface area (Å²) in [7, 11) is 0. The lowest BCUT2D eigenvalue weighted by atomic mass is 10.0. The molecule has 0 aliphatic carbocycles. The van der Waals surface area contributed by atoms with E-state index in [0.717, 1.165) is 16.6 Å². The number of fused-ring (bicyclic) bond motifs is 2. The molecule has 0 bridgehead atoms. The summed E-state index contributed by atoms with van der Waals surface area (Å²) in [5.41, 5.74) is 3.45. The average molecular weight is 455 g/mol. The molecule has 1 aliphatic heterocycles. The first-order valence-electron chi connectivity index (χ1n) is 9.88. The number of hydrogen-bond acceptors (Lipinski definition) is 8. The van der Waals surface area contributed by atoms with Gasteiger partial charge in [0, 0.05) is 12.0 Å². The van der Waals surface area contributed by atoms with Gasteiger partial charge in [0.2, 0.25) is 0 Å². The minimum atomic E-state index is -0.258. The van der Waals surface area contributed by atoms with Gasteiger partial charge < -0.3 is 15.4 Å². The van der Waals surface area contributed by atoms with E-state index in [1.165, 1.54) is 17.7 Å². The molecule has 2 N–H and O–H groups in total. The number of halogens is 1. The summed E-state index contributed by atoms with van der Waals surface area (Å²) in [6.07, 6.45) is 2.29. The molecule has 3 aromatic heterocycles. The fourth-order valence-corrected chi connectivity index (χ4v) is 4.55. The molecular formula is C21H19ClN6O2S. The second-order valence-electron chi connectivity index (χ2n) is 7.36. The Balaban J connectivity index is 1.52. The van der Waals surface area contributed by atoms with Crippen molar-refractivity contribution in [2.24, 2.45) is 0 Å². The predicted octanol–water partition coefficient (Wildman–Crippen LogP) is 3.98. The summed E-state index contributed by atoms with van der Waals surface area (Å²) in [4.78, 5) is 31.5. The van der Waals surface area contributed by atoms with E-state index in [1.807, 2.05) is 25.1 Å². The van der Waals surface area contributed by atoms with Gasteiger partial charge in [-0.25, -0.2) is 19.9 Å². The number of carbonyl (C=O) groups is 1. The zero-order valence-corrected chi connectivity index (χ0v) is 18.2. The molecule has 1 fully saturated rings. The Labute approximate surface area is 187 Å². The zero-order chi connectivity index (χ0) is 21.4. The largest absolute Gasteiger partial charge is 0.379 e. The molecule has 1 unspecified atom stereocenters. The maximum absolute atomic E-state index is 13.1. The second-order valence-corrected chi connectivity index (χ2v) is 8.60. The van der Waals surface area contributed by atoms with E-state index < -0.39 is 0 Å². The molecule has 10 heteroatoms. The van der Waals surface area contributed by atoms with Gasteiger partial charge in [-0.2, -0.15) is 0 Å². The highest BCUT2D eigenvalue weighted by Gasteiger charge is 2.23. The van der Waals surface area contributed by atoms with Gasteiger partial charge >= 0.3 is 0 Å². The first-order chi connectivity index (χ1) is 15.1. The second kappa shape index (κ2) is 8.33. The number of thiazole rings is 1. The van der Waals surface area contributed by atoms with Gasteiger partial charge in [-0.3, -0.25) is 4.79 Å². The monoisotopic (exact) mass is 454 g/mol. The van der Waals surface area contributed by atoms with Crippen molar-refractivity contribution in [2.45, 2.75) is 25.4 Å². The topological polar surface area (TPSA) is 102 Å². The van der Waals surface area contributed by atoms with Crippen LogP contribution in [0.25, 0.3) is 21.1 Å². The Kier molecular flexibility index (Phi) is 5.39. The molecule has 8 nitrogen and oxygen atoms in total. The van der Waals surface area contributed by atoms with Crippen molar-refractivity contribution in [1.82, 2.24) is 25.3 Å². The number of anilines is 1. The van der Waals surface area contributed by atoms with Crippen LogP contribution in [-0.2, 0) is 4.74 Å². The molecule has 1 aromatic carbocycles. The van der Waals surface area contributed by atoms with E-state index in [1.54, 1.807) is 11.6 Å². The molecule has 2 atom stereocenters. The summed E-state index contributed by atoms with van der Waals surface area (Å²) in [6, 6.07) is 7.24. The van der Waals surface area contributed by atoms with Crippen LogP contribution in [-0.4, -0.2) is 45.1 Å². The predicted molar refractivity (Wildman–Crippen MR) is 121 cm³/mol. The van der Waals surface area contributed by atoms with Crippen molar-refractivity contribution in [3.8, 4) is 0 Å². The quantitative estimate of drug-likeness (QED) is 0.470. The normalized spacial score (nSPS) is 17.2. The molecule has 158 valence electrons. The fourth-order valence-electron chi connectivity index (χ4n) is 3.65. The van der Waals surface area contributed by atoms with Crippen LogP contribution in [0.15, 0.2) is 36.1 Å². The van der Waals surface area contributed by atoms with Crippen LogP contribution >= 0.6 is 22.9 Å². The molecule has 31 heavy (non-hydrogen) atoms. The molecular weight excluding hydrogens is 436 g/mol. The first kappa shape index (κ1) is 20.0. The van der Waals surface area contributed by atoms with E-state index in [-0.39, 0.29) is 18.0 Å². The Bertz CT molecular complexity index is 1270. The van der Waals surface area contributed by atoms with Gasteiger partial charge in [0.15, 0.2) is 5.82 Å². The summed E-state index contributed by atoms with van der Waals surface area (Å²) in [6.45, 7) is 3.11. The molecule has 0 radical (unpaired) electrons. The van der Waals surface area contributed by atoms with Gasteiger partial charge in [-0.15, -0.1) is 11.3 Å². The van der Waals surface area contributed by atoms with Crippen LogP contribution in [0.2, 0.25) is 5.02 Å². The zero-order valence-electron chi connectivity index (χ0n) is 16.6. The third kappa shape index (κ3) is 3.91. The minimum Gasteiger partial charge on any atom is -0.379 e. The lowest BCUT2D eigenvalue weighted by molar-refractivity contribution is 0.0926. The van der Waals surface area contributed by atoms with Crippen LogP contribution in [0.4, 0.5) is 5.82 Å². The third-order valence-electron chi connectivity index (χ3n) is 5.24. The number of rotatable bonds is 5. The highest BCUT2D eigenvalue weighted by molar-refractivity contribution is 7.16. The molecule has 4 aromatic rings. The Morgan fingerprint density at radius 2 is 2.23 bits per heavy atom. The maximum Gasteiger partial charge on any atom is 0.270 e. The van der Waals surface area contributed by atoms with Gasteiger partial charge in [0.25, 0.3) is 5.91 Å². The van der Waals surface area contributed by atoms with Crippen molar-refractivity contribution in [2.75, 3.05) is 18.5 Å². The number of amides is 1. The molecule has 1 saturated heterocycles. The Morgan fingerprint density at radius 3 is 3.06 bits per heavy atom. The number of aromatic nitrogens is 4. The standard InChI is InChI=1S/C21H19ClN6O2S/c1-11(26-19-18-21(24-9-23-19)31-10-25-18)15-7-12-3-2-4-14(22)16(12)17(28-15)20(29)27-13-5-6-30-8-13/h2-4,7,9-11,13H,5-6,8H2,1H3,(H,27,29)(H,23,24,26)/t11-,13?/m0/s1. The number of pyridine rings is 1. The van der Waals surface area contributed by atoms with Gasteiger partial charge in [0.1, 0.15) is 22.4 Å². The molecule has 4 heterocycles. The molecule has 1 amide bonds. The Hall–Kier alpha value is -2.88. The van der Waals surface area contributed by atoms with E-state index in [9.17, 15) is 4.79 Å². The van der Waals surface area contributed by atoms with Crippen LogP contribution in [0.1, 0.15) is 35.6 Å². The lowest BCUT2D eigenvalue weighted by Crippen LogP contribution is -2.35. The van der Waals surface area contributed by atoms with Gasteiger partial charge in [-0.05, 0) is 30.9 Å². The number of nitrogens with zero attached hydrogens (tertiary/aromatic N) is 4. The van der Waals surface area contributed by atoms with Crippen molar-refractivity contribution in [3.63, 3.8) is 0 Å². The number of carbonyl (C=O) groups excluding carboxylic acids is 1. The van der Waals surface area contributed by atoms with Crippen molar-refractivity contribution < 1.29 is 9.53 Å². The van der Waals surface area contributed by atoms with E-state index in [4.69, 9.17) is 21.3 Å². The minimum absolute atomic E-state index is 0.0231. The number of benzene rings is 1. The van der Waals surface area contributed by atoms with Gasteiger partial charge in [-0.1, -0.05) is 23.7 Å².